The standard InChI is InChI=1S/C16H20N2O2/c1-17-10-13-9-14(20-18-13)11-19-16-8-4-6-12-5-2-3-7-15(12)16/h2-3,5,7,9,16-17H,4,6,8,10-11H2,1H3. The van der Waals surface area contributed by atoms with Crippen LogP contribution in [0.2, 0.25) is 0 Å². The summed E-state index contributed by atoms with van der Waals surface area (Å²) in [4.78, 5) is 0. The molecule has 0 saturated carbocycles. The highest BCUT2D eigenvalue weighted by molar-refractivity contribution is 5.31. The summed E-state index contributed by atoms with van der Waals surface area (Å²) in [6, 6.07) is 10.5. The van der Waals surface area contributed by atoms with Gasteiger partial charge in [-0.1, -0.05) is 29.4 Å². The van der Waals surface area contributed by atoms with E-state index in [1.165, 1.54) is 17.5 Å². The van der Waals surface area contributed by atoms with E-state index in [1.807, 2.05) is 13.1 Å². The molecule has 1 unspecified atom stereocenters. The van der Waals surface area contributed by atoms with E-state index < -0.39 is 0 Å². The van der Waals surface area contributed by atoms with Gasteiger partial charge in [0, 0.05) is 12.6 Å². The summed E-state index contributed by atoms with van der Waals surface area (Å²) in [6.45, 7) is 1.20. The molecule has 1 atom stereocenters. The molecule has 1 aliphatic rings. The van der Waals surface area contributed by atoms with Crippen LogP contribution in [0.5, 0.6) is 0 Å². The fourth-order valence-electron chi connectivity index (χ4n) is 2.75. The maximum atomic E-state index is 6.03. The topological polar surface area (TPSA) is 47.3 Å². The van der Waals surface area contributed by atoms with Gasteiger partial charge in [0.1, 0.15) is 6.61 Å². The average molecular weight is 272 g/mol. The first-order valence-electron chi connectivity index (χ1n) is 7.15. The summed E-state index contributed by atoms with van der Waals surface area (Å²) in [5, 5.41) is 7.05. The van der Waals surface area contributed by atoms with Crippen LogP contribution in [0.4, 0.5) is 0 Å². The normalized spacial score (nSPS) is 17.9. The predicted octanol–water partition coefficient (Wildman–Crippen LogP) is 2.99. The van der Waals surface area contributed by atoms with Gasteiger partial charge in [-0.25, -0.2) is 0 Å². The summed E-state index contributed by atoms with van der Waals surface area (Å²) in [7, 11) is 1.89. The second-order valence-corrected chi connectivity index (χ2v) is 5.21. The number of aryl methyl sites for hydroxylation is 1. The summed E-state index contributed by atoms with van der Waals surface area (Å²) in [6.07, 6.45) is 3.60. The average Bonchev–Trinajstić information content (AvgIpc) is 2.93. The lowest BCUT2D eigenvalue weighted by Gasteiger charge is -2.25. The third kappa shape index (κ3) is 2.92. The van der Waals surface area contributed by atoms with Crippen molar-refractivity contribution in [3.63, 3.8) is 0 Å². The van der Waals surface area contributed by atoms with Crippen LogP contribution in [-0.4, -0.2) is 12.2 Å². The minimum absolute atomic E-state index is 0.179. The molecular weight excluding hydrogens is 252 g/mol. The zero-order valence-electron chi connectivity index (χ0n) is 11.8. The minimum atomic E-state index is 0.179. The van der Waals surface area contributed by atoms with E-state index in [0.29, 0.717) is 6.61 Å². The van der Waals surface area contributed by atoms with Crippen LogP contribution in [0.3, 0.4) is 0 Å². The molecular formula is C16H20N2O2. The molecule has 0 amide bonds. The molecule has 0 radical (unpaired) electrons. The first-order valence-corrected chi connectivity index (χ1v) is 7.15. The van der Waals surface area contributed by atoms with Gasteiger partial charge >= 0.3 is 0 Å². The molecule has 20 heavy (non-hydrogen) atoms. The van der Waals surface area contributed by atoms with Crippen molar-refractivity contribution in [2.75, 3.05) is 7.05 Å². The van der Waals surface area contributed by atoms with E-state index in [9.17, 15) is 0 Å². The number of benzene rings is 1. The molecule has 3 rings (SSSR count). The number of hydrogen-bond donors (Lipinski definition) is 1. The number of hydrogen-bond acceptors (Lipinski definition) is 4. The lowest BCUT2D eigenvalue weighted by Crippen LogP contribution is -2.12. The Morgan fingerprint density at radius 2 is 2.30 bits per heavy atom. The lowest BCUT2D eigenvalue weighted by molar-refractivity contribution is 0.0168. The van der Waals surface area contributed by atoms with Crippen molar-refractivity contribution < 1.29 is 9.26 Å². The highest BCUT2D eigenvalue weighted by Crippen LogP contribution is 2.32. The molecule has 0 spiro atoms. The Balaban J connectivity index is 1.64. The minimum Gasteiger partial charge on any atom is -0.365 e. The zero-order chi connectivity index (χ0) is 13.8. The summed E-state index contributed by atoms with van der Waals surface area (Å²) in [5.41, 5.74) is 3.65. The Bertz CT molecular complexity index is 565. The first kappa shape index (κ1) is 13.3. The second-order valence-electron chi connectivity index (χ2n) is 5.21. The van der Waals surface area contributed by atoms with E-state index in [1.54, 1.807) is 0 Å². The second kappa shape index (κ2) is 6.20. The van der Waals surface area contributed by atoms with Gasteiger partial charge in [-0.3, -0.25) is 0 Å². The largest absolute Gasteiger partial charge is 0.365 e. The van der Waals surface area contributed by atoms with Crippen LogP contribution in [0.1, 0.15) is 41.5 Å². The third-order valence-corrected chi connectivity index (χ3v) is 3.71. The summed E-state index contributed by atoms with van der Waals surface area (Å²) >= 11 is 0. The van der Waals surface area contributed by atoms with E-state index in [2.05, 4.69) is 34.7 Å². The molecule has 1 aromatic carbocycles. The van der Waals surface area contributed by atoms with Crippen LogP contribution < -0.4 is 5.32 Å². The highest BCUT2D eigenvalue weighted by atomic mass is 16.5. The van der Waals surface area contributed by atoms with E-state index in [-0.39, 0.29) is 6.10 Å². The Morgan fingerprint density at radius 1 is 1.40 bits per heavy atom. The van der Waals surface area contributed by atoms with Crippen LogP contribution in [0.15, 0.2) is 34.9 Å². The molecule has 4 nitrogen and oxygen atoms in total. The zero-order valence-corrected chi connectivity index (χ0v) is 11.8. The van der Waals surface area contributed by atoms with Gasteiger partial charge in [0.15, 0.2) is 5.76 Å². The first-order chi connectivity index (χ1) is 9.86. The van der Waals surface area contributed by atoms with Crippen LogP contribution in [0, 0.1) is 0 Å². The van der Waals surface area contributed by atoms with Crippen molar-refractivity contribution in [3.8, 4) is 0 Å². The summed E-state index contributed by atoms with van der Waals surface area (Å²) < 4.78 is 11.3. The Hall–Kier alpha value is -1.65. The quantitative estimate of drug-likeness (QED) is 0.909. The van der Waals surface area contributed by atoms with Gasteiger partial charge in [0.25, 0.3) is 0 Å². The highest BCUT2D eigenvalue weighted by Gasteiger charge is 2.20. The van der Waals surface area contributed by atoms with Crippen molar-refractivity contribution >= 4 is 0 Å². The molecule has 0 bridgehead atoms. The van der Waals surface area contributed by atoms with E-state index >= 15 is 0 Å². The molecule has 1 N–H and O–H groups in total. The van der Waals surface area contributed by atoms with Gasteiger partial charge in [0.05, 0.1) is 11.8 Å². The molecule has 1 heterocycles. The predicted molar refractivity (Wildman–Crippen MR) is 76.2 cm³/mol. The molecule has 1 aliphatic carbocycles. The number of nitrogens with zero attached hydrogens (tertiary/aromatic N) is 1. The number of rotatable bonds is 5. The van der Waals surface area contributed by atoms with Crippen LogP contribution in [0.25, 0.3) is 0 Å². The molecule has 4 heteroatoms. The van der Waals surface area contributed by atoms with Crippen LogP contribution >= 0.6 is 0 Å². The smallest absolute Gasteiger partial charge is 0.162 e. The maximum Gasteiger partial charge on any atom is 0.162 e. The van der Waals surface area contributed by atoms with Gasteiger partial charge in [-0.05, 0) is 37.4 Å². The van der Waals surface area contributed by atoms with Crippen molar-refractivity contribution in [1.82, 2.24) is 10.5 Å². The molecule has 0 fully saturated rings. The molecule has 0 aliphatic heterocycles. The number of fused-ring (bicyclic) bond motifs is 1. The van der Waals surface area contributed by atoms with Crippen molar-refractivity contribution in [2.45, 2.75) is 38.5 Å². The number of aromatic nitrogens is 1. The van der Waals surface area contributed by atoms with Gasteiger partial charge in [-0.15, -0.1) is 0 Å². The monoisotopic (exact) mass is 272 g/mol. The third-order valence-electron chi connectivity index (χ3n) is 3.71. The Labute approximate surface area is 119 Å². The van der Waals surface area contributed by atoms with Crippen molar-refractivity contribution in [3.05, 3.63) is 52.9 Å². The Morgan fingerprint density at radius 3 is 3.20 bits per heavy atom. The maximum absolute atomic E-state index is 6.03. The molecule has 1 aromatic heterocycles. The van der Waals surface area contributed by atoms with Crippen molar-refractivity contribution in [1.29, 1.82) is 0 Å². The fourth-order valence-corrected chi connectivity index (χ4v) is 2.75. The molecule has 0 saturated heterocycles. The number of ether oxygens (including phenoxy) is 1. The fraction of sp³-hybridized carbons (Fsp3) is 0.438. The van der Waals surface area contributed by atoms with Gasteiger partial charge < -0.3 is 14.6 Å². The van der Waals surface area contributed by atoms with E-state index in [0.717, 1.165) is 30.8 Å². The lowest BCUT2D eigenvalue weighted by atomic mass is 9.89. The number of nitrogens with one attached hydrogen (secondary N) is 1. The van der Waals surface area contributed by atoms with Crippen molar-refractivity contribution in [2.24, 2.45) is 0 Å². The van der Waals surface area contributed by atoms with Gasteiger partial charge in [-0.2, -0.15) is 0 Å². The Kier molecular flexibility index (Phi) is 4.14. The summed E-state index contributed by atoms with van der Waals surface area (Å²) in [5.74, 6) is 0.790. The van der Waals surface area contributed by atoms with Crippen LogP contribution in [-0.2, 0) is 24.3 Å². The SMILES string of the molecule is CNCc1cc(COC2CCCc3ccccc32)on1. The van der Waals surface area contributed by atoms with E-state index in [4.69, 9.17) is 9.26 Å². The molecule has 106 valence electrons. The molecule has 2 aromatic rings. The van der Waals surface area contributed by atoms with Gasteiger partial charge in [0.2, 0.25) is 0 Å².